The second kappa shape index (κ2) is 14.7. The number of unbranched alkanes of at least 4 members (excludes halogenated alkanes) is 4. The van der Waals surface area contributed by atoms with Crippen LogP contribution >= 0.6 is 0 Å². The van der Waals surface area contributed by atoms with Gasteiger partial charge in [0.1, 0.15) is 0 Å². The Morgan fingerprint density at radius 2 is 1.92 bits per heavy atom. The van der Waals surface area contributed by atoms with Crippen molar-refractivity contribution in [1.82, 2.24) is 4.98 Å². The zero-order valence-electron chi connectivity index (χ0n) is 16.1. The van der Waals surface area contributed by atoms with Gasteiger partial charge in [-0.25, -0.2) is 0 Å². The lowest BCUT2D eigenvalue weighted by Crippen LogP contribution is -2.11. The highest BCUT2D eigenvalue weighted by molar-refractivity contribution is 5.45. The van der Waals surface area contributed by atoms with E-state index >= 15 is 0 Å². The van der Waals surface area contributed by atoms with Crippen LogP contribution in [-0.2, 0) is 6.42 Å². The van der Waals surface area contributed by atoms with Gasteiger partial charge in [-0.05, 0) is 56.7 Å². The van der Waals surface area contributed by atoms with E-state index in [1.54, 1.807) is 6.08 Å². The molecule has 2 atom stereocenters. The van der Waals surface area contributed by atoms with Crippen molar-refractivity contribution in [1.29, 1.82) is 0 Å². The minimum absolute atomic E-state index is 0.168. The highest BCUT2D eigenvalue weighted by Crippen LogP contribution is 2.10. The smallest absolute Gasteiger partial charge is 0.0759 e. The molecule has 0 amide bonds. The van der Waals surface area contributed by atoms with Gasteiger partial charge in [-0.2, -0.15) is 0 Å². The Bertz CT molecular complexity index is 528. The topological polar surface area (TPSA) is 73.6 Å². The van der Waals surface area contributed by atoms with Crippen LogP contribution in [0.25, 0.3) is 6.08 Å². The van der Waals surface area contributed by atoms with Crippen LogP contribution in [0.4, 0.5) is 0 Å². The van der Waals surface area contributed by atoms with E-state index in [0.717, 1.165) is 30.7 Å². The van der Waals surface area contributed by atoms with Gasteiger partial charge in [0, 0.05) is 18.7 Å². The molecular weight excluding hydrogens is 326 g/mol. The Hall–Kier alpha value is -1.49. The van der Waals surface area contributed by atoms with Crippen LogP contribution in [0.15, 0.2) is 36.4 Å². The highest BCUT2D eigenvalue weighted by atomic mass is 16.3. The summed E-state index contributed by atoms with van der Waals surface area (Å²) in [6, 6.07) is 5.72. The molecule has 3 N–H and O–H groups in total. The fourth-order valence-electron chi connectivity index (χ4n) is 2.69. The van der Waals surface area contributed by atoms with E-state index in [2.05, 4.69) is 18.0 Å². The van der Waals surface area contributed by atoms with Crippen molar-refractivity contribution in [3.63, 3.8) is 0 Å². The normalized spacial score (nSPS) is 14.3. The van der Waals surface area contributed by atoms with E-state index in [1.807, 2.05) is 30.4 Å². The largest absolute Gasteiger partial charge is 0.396 e. The first-order valence-corrected chi connectivity index (χ1v) is 9.91. The van der Waals surface area contributed by atoms with E-state index in [-0.39, 0.29) is 6.61 Å². The van der Waals surface area contributed by atoms with Gasteiger partial charge in [0.25, 0.3) is 0 Å². The number of pyridine rings is 1. The summed E-state index contributed by atoms with van der Waals surface area (Å²) in [5.74, 6) is 0. The van der Waals surface area contributed by atoms with E-state index in [4.69, 9.17) is 5.11 Å². The molecule has 1 heterocycles. The second-order valence-electron chi connectivity index (χ2n) is 6.76. The van der Waals surface area contributed by atoms with Crippen LogP contribution in [-0.4, -0.2) is 39.1 Å². The number of aliphatic hydroxyl groups is 3. The SMILES string of the molecule is CCCCC/C=C\C[C@H](O)/C=C\c1cccc(C[C@H](O)CCCCO)n1. The summed E-state index contributed by atoms with van der Waals surface area (Å²) in [6.45, 7) is 2.36. The molecular formula is C22H35NO3. The van der Waals surface area contributed by atoms with Crippen LogP contribution in [0.5, 0.6) is 0 Å². The zero-order valence-corrected chi connectivity index (χ0v) is 16.1. The molecule has 4 heteroatoms. The highest BCUT2D eigenvalue weighted by Gasteiger charge is 2.06. The Morgan fingerprint density at radius 1 is 1.08 bits per heavy atom. The maximum absolute atomic E-state index is 10.0. The number of rotatable bonds is 14. The molecule has 0 aliphatic rings. The molecule has 0 bridgehead atoms. The third-order valence-electron chi connectivity index (χ3n) is 4.23. The van der Waals surface area contributed by atoms with E-state index in [0.29, 0.717) is 19.3 Å². The van der Waals surface area contributed by atoms with E-state index in [9.17, 15) is 10.2 Å². The third kappa shape index (κ3) is 11.2. The zero-order chi connectivity index (χ0) is 19.0. The molecule has 0 saturated heterocycles. The lowest BCUT2D eigenvalue weighted by Gasteiger charge is -2.10. The molecule has 0 unspecified atom stereocenters. The van der Waals surface area contributed by atoms with Gasteiger partial charge in [-0.3, -0.25) is 4.98 Å². The van der Waals surface area contributed by atoms with Crippen LogP contribution in [0, 0.1) is 0 Å². The second-order valence-corrected chi connectivity index (χ2v) is 6.76. The number of allylic oxidation sites excluding steroid dienone is 1. The van der Waals surface area contributed by atoms with Crippen molar-refractivity contribution >= 4 is 6.08 Å². The molecule has 4 nitrogen and oxygen atoms in total. The van der Waals surface area contributed by atoms with Crippen molar-refractivity contribution in [2.75, 3.05) is 6.61 Å². The summed E-state index contributed by atoms with van der Waals surface area (Å²) in [5.41, 5.74) is 1.63. The van der Waals surface area contributed by atoms with Gasteiger partial charge in [0.05, 0.1) is 17.9 Å². The number of hydrogen-bond donors (Lipinski definition) is 3. The summed E-state index contributed by atoms with van der Waals surface area (Å²) >= 11 is 0. The van der Waals surface area contributed by atoms with E-state index in [1.165, 1.54) is 19.3 Å². The molecule has 26 heavy (non-hydrogen) atoms. The average molecular weight is 362 g/mol. The minimum Gasteiger partial charge on any atom is -0.396 e. The summed E-state index contributed by atoms with van der Waals surface area (Å²) in [7, 11) is 0. The summed E-state index contributed by atoms with van der Waals surface area (Å²) in [4.78, 5) is 4.52. The monoisotopic (exact) mass is 361 g/mol. The van der Waals surface area contributed by atoms with Gasteiger partial charge in [-0.15, -0.1) is 0 Å². The first kappa shape index (κ1) is 22.6. The molecule has 1 aromatic rings. The lowest BCUT2D eigenvalue weighted by molar-refractivity contribution is 0.156. The third-order valence-corrected chi connectivity index (χ3v) is 4.23. The predicted molar refractivity (Wildman–Crippen MR) is 108 cm³/mol. The van der Waals surface area contributed by atoms with Gasteiger partial charge >= 0.3 is 0 Å². The van der Waals surface area contributed by atoms with Crippen molar-refractivity contribution in [3.8, 4) is 0 Å². The number of nitrogens with zero attached hydrogens (tertiary/aromatic N) is 1. The van der Waals surface area contributed by atoms with Crippen molar-refractivity contribution < 1.29 is 15.3 Å². The van der Waals surface area contributed by atoms with Crippen LogP contribution < -0.4 is 0 Å². The maximum atomic E-state index is 10.0. The molecule has 0 spiro atoms. The quantitative estimate of drug-likeness (QED) is 0.345. The maximum Gasteiger partial charge on any atom is 0.0759 e. The molecule has 0 aliphatic heterocycles. The number of aliphatic hydroxyl groups excluding tert-OH is 3. The summed E-state index contributed by atoms with van der Waals surface area (Å²) < 4.78 is 0. The van der Waals surface area contributed by atoms with Crippen LogP contribution in [0.2, 0.25) is 0 Å². The fraction of sp³-hybridized carbons (Fsp3) is 0.591. The first-order valence-electron chi connectivity index (χ1n) is 9.91. The first-order chi connectivity index (χ1) is 12.7. The molecule has 1 aromatic heterocycles. The van der Waals surface area contributed by atoms with Crippen LogP contribution in [0.3, 0.4) is 0 Å². The summed E-state index contributed by atoms with van der Waals surface area (Å²) in [6.07, 6.45) is 14.9. The van der Waals surface area contributed by atoms with Gasteiger partial charge < -0.3 is 15.3 Å². The van der Waals surface area contributed by atoms with E-state index < -0.39 is 12.2 Å². The Labute approximate surface area is 158 Å². The van der Waals surface area contributed by atoms with Gasteiger partial charge in [0.2, 0.25) is 0 Å². The number of hydrogen-bond acceptors (Lipinski definition) is 4. The number of aromatic nitrogens is 1. The Kier molecular flexibility index (Phi) is 12.7. The summed E-state index contributed by atoms with van der Waals surface area (Å²) in [5, 5.41) is 28.8. The Morgan fingerprint density at radius 3 is 2.69 bits per heavy atom. The van der Waals surface area contributed by atoms with Crippen LogP contribution in [0.1, 0.15) is 69.7 Å². The van der Waals surface area contributed by atoms with Crippen molar-refractivity contribution in [3.05, 3.63) is 47.8 Å². The Balaban J connectivity index is 2.40. The lowest BCUT2D eigenvalue weighted by atomic mass is 10.1. The molecule has 0 saturated carbocycles. The molecule has 1 rings (SSSR count). The molecule has 0 aliphatic carbocycles. The van der Waals surface area contributed by atoms with Crippen molar-refractivity contribution in [2.45, 2.75) is 76.9 Å². The fourth-order valence-corrected chi connectivity index (χ4v) is 2.69. The standard InChI is InChI=1S/C22H35NO3/c1-2-3-4-5-6-7-13-21(25)16-15-19-11-10-12-20(23-19)18-22(26)14-8-9-17-24/h6-7,10-12,15-16,21-22,24-26H,2-5,8-9,13-14,17-18H2,1H3/b7-6-,16-15-/t21-,22+/m0/s1. The van der Waals surface area contributed by atoms with Gasteiger partial charge in [0.15, 0.2) is 0 Å². The minimum atomic E-state index is -0.507. The molecule has 0 fully saturated rings. The predicted octanol–water partition coefficient (Wildman–Crippen LogP) is 4.05. The van der Waals surface area contributed by atoms with Gasteiger partial charge in [-0.1, -0.05) is 44.1 Å². The average Bonchev–Trinajstić information content (AvgIpc) is 2.63. The molecule has 0 aromatic carbocycles. The molecule has 0 radical (unpaired) electrons. The molecule has 146 valence electrons. The van der Waals surface area contributed by atoms with Crippen molar-refractivity contribution in [2.24, 2.45) is 0 Å².